The second-order valence-corrected chi connectivity index (χ2v) is 2.86. The average Bonchev–Trinajstić information content (AvgIpc) is 2.15. The Kier molecular flexibility index (Phi) is 7.70. The zero-order valence-corrected chi connectivity index (χ0v) is 9.22. The van der Waals surface area contributed by atoms with Crippen LogP contribution in [0.25, 0.3) is 0 Å². The highest BCUT2D eigenvalue weighted by Crippen LogP contribution is 2.00. The van der Waals surface area contributed by atoms with Gasteiger partial charge in [-0.2, -0.15) is 0 Å². The highest BCUT2D eigenvalue weighted by Gasteiger charge is 1.99. The minimum absolute atomic E-state index is 0.383. The molecule has 0 fully saturated rings. The quantitative estimate of drug-likeness (QED) is 0.647. The van der Waals surface area contributed by atoms with Crippen LogP contribution in [0, 0.1) is 0 Å². The number of amides is 1. The largest absolute Gasteiger partial charge is 0.449 e. The fourth-order valence-electron chi connectivity index (χ4n) is 1.03. The van der Waals surface area contributed by atoms with Crippen molar-refractivity contribution < 1.29 is 9.53 Å². The van der Waals surface area contributed by atoms with Crippen LogP contribution in [0.5, 0.6) is 0 Å². The summed E-state index contributed by atoms with van der Waals surface area (Å²) in [6, 6.07) is 0. The fraction of sp³-hybridized carbons (Fsp3) is 0.700. The van der Waals surface area contributed by atoms with Crippen molar-refractivity contribution in [2.45, 2.75) is 40.0 Å². The van der Waals surface area contributed by atoms with E-state index in [0.717, 1.165) is 25.0 Å². The second-order valence-electron chi connectivity index (χ2n) is 2.86. The average molecular weight is 200 g/mol. The lowest BCUT2D eigenvalue weighted by atomic mass is 10.2. The van der Waals surface area contributed by atoms with Crippen molar-refractivity contribution in [1.29, 1.82) is 0 Å². The van der Waals surface area contributed by atoms with Gasteiger partial charge in [0.2, 0.25) is 0 Å². The number of hydrogen-bond acceptors (Lipinski definition) is 3. The molecule has 2 N–H and O–H groups in total. The van der Waals surface area contributed by atoms with Crippen LogP contribution in [0.15, 0.2) is 11.8 Å². The summed E-state index contributed by atoms with van der Waals surface area (Å²) in [5.74, 6) is 0. The minimum Gasteiger partial charge on any atom is -0.449 e. The Morgan fingerprint density at radius 3 is 2.50 bits per heavy atom. The molecule has 0 aliphatic heterocycles. The maximum atomic E-state index is 10.9. The van der Waals surface area contributed by atoms with Crippen molar-refractivity contribution in [3.63, 3.8) is 0 Å². The van der Waals surface area contributed by atoms with Gasteiger partial charge in [-0.05, 0) is 19.8 Å². The molecule has 0 bridgehead atoms. The highest BCUT2D eigenvalue weighted by atomic mass is 16.5. The van der Waals surface area contributed by atoms with Crippen molar-refractivity contribution >= 4 is 6.09 Å². The number of carbonyl (C=O) groups excluding carboxylic acids is 1. The Balaban J connectivity index is 3.81. The Morgan fingerprint density at radius 2 is 2.00 bits per heavy atom. The van der Waals surface area contributed by atoms with Gasteiger partial charge in [-0.1, -0.05) is 26.3 Å². The number of rotatable bonds is 6. The van der Waals surface area contributed by atoms with Crippen LogP contribution in [0.1, 0.15) is 40.0 Å². The number of hydrogen-bond donors (Lipinski definition) is 2. The third-order valence-corrected chi connectivity index (χ3v) is 1.57. The lowest BCUT2D eigenvalue weighted by molar-refractivity contribution is 0.148. The first-order chi connectivity index (χ1) is 6.74. The van der Waals surface area contributed by atoms with Crippen LogP contribution >= 0.6 is 0 Å². The molecule has 0 aliphatic carbocycles. The molecule has 82 valence electrons. The van der Waals surface area contributed by atoms with Gasteiger partial charge in [0.05, 0.1) is 6.61 Å². The molecule has 14 heavy (non-hydrogen) atoms. The molecule has 4 nitrogen and oxygen atoms in total. The van der Waals surface area contributed by atoms with Crippen molar-refractivity contribution in [3.05, 3.63) is 11.8 Å². The van der Waals surface area contributed by atoms with E-state index in [0.29, 0.717) is 6.61 Å². The first-order valence-electron chi connectivity index (χ1n) is 5.12. The third kappa shape index (κ3) is 6.34. The van der Waals surface area contributed by atoms with Gasteiger partial charge in [0.15, 0.2) is 0 Å². The van der Waals surface area contributed by atoms with Gasteiger partial charge in [-0.25, -0.2) is 10.2 Å². The number of nitrogens with one attached hydrogen (secondary N) is 2. The summed E-state index contributed by atoms with van der Waals surface area (Å²) >= 11 is 0. The molecular formula is C10H20N2O2. The Morgan fingerprint density at radius 1 is 1.29 bits per heavy atom. The Labute approximate surface area is 85.7 Å². The maximum Gasteiger partial charge on any atom is 0.425 e. The lowest BCUT2D eigenvalue weighted by Gasteiger charge is -2.11. The number of carbonyl (C=O) groups is 1. The van der Waals surface area contributed by atoms with Gasteiger partial charge in [0.1, 0.15) is 0 Å². The van der Waals surface area contributed by atoms with E-state index in [4.69, 9.17) is 4.74 Å². The van der Waals surface area contributed by atoms with Crippen LogP contribution < -0.4 is 10.9 Å². The number of ether oxygens (including phenoxy) is 1. The van der Waals surface area contributed by atoms with E-state index >= 15 is 0 Å². The Hall–Kier alpha value is -1.19. The minimum atomic E-state index is -0.439. The van der Waals surface area contributed by atoms with Crippen molar-refractivity contribution in [2.75, 3.05) is 6.61 Å². The third-order valence-electron chi connectivity index (χ3n) is 1.57. The van der Waals surface area contributed by atoms with Gasteiger partial charge < -0.3 is 10.2 Å². The van der Waals surface area contributed by atoms with E-state index in [2.05, 4.69) is 30.8 Å². The smallest absolute Gasteiger partial charge is 0.425 e. The summed E-state index contributed by atoms with van der Waals surface area (Å²) in [7, 11) is 0. The predicted octanol–water partition coefficient (Wildman–Crippen LogP) is 2.33. The summed E-state index contributed by atoms with van der Waals surface area (Å²) in [5, 5.41) is 0. The van der Waals surface area contributed by atoms with Gasteiger partial charge in [0.25, 0.3) is 0 Å². The molecule has 0 aromatic carbocycles. The van der Waals surface area contributed by atoms with Crippen LogP contribution in [-0.4, -0.2) is 12.7 Å². The van der Waals surface area contributed by atoms with Crippen LogP contribution in [0.4, 0.5) is 4.79 Å². The topological polar surface area (TPSA) is 50.4 Å². The molecule has 0 saturated heterocycles. The lowest BCUT2D eigenvalue weighted by Crippen LogP contribution is -2.37. The standard InChI is InChI=1S/C10H20N2O2/c1-4-7-9(8-5-2)11-12-10(13)14-6-3/h7,11H,4-6,8H2,1-3H3,(H,12,13)/b9-7-. The van der Waals surface area contributed by atoms with Crippen LogP contribution in [-0.2, 0) is 4.74 Å². The SMILES string of the molecule is CC/C=C(/CCC)NNC(=O)OCC. The molecule has 4 heteroatoms. The van der Waals surface area contributed by atoms with E-state index in [1.807, 2.05) is 0 Å². The summed E-state index contributed by atoms with van der Waals surface area (Å²) < 4.78 is 4.71. The predicted molar refractivity (Wildman–Crippen MR) is 56.6 cm³/mol. The zero-order chi connectivity index (χ0) is 10.8. The molecule has 0 radical (unpaired) electrons. The fourth-order valence-corrected chi connectivity index (χ4v) is 1.03. The van der Waals surface area contributed by atoms with Crippen LogP contribution in [0.2, 0.25) is 0 Å². The number of allylic oxidation sites excluding steroid dienone is 2. The molecule has 0 saturated carbocycles. The van der Waals surface area contributed by atoms with E-state index < -0.39 is 6.09 Å². The van der Waals surface area contributed by atoms with E-state index in [-0.39, 0.29) is 0 Å². The van der Waals surface area contributed by atoms with E-state index in [1.54, 1.807) is 6.92 Å². The highest BCUT2D eigenvalue weighted by molar-refractivity contribution is 5.66. The molecule has 0 aromatic rings. The summed E-state index contributed by atoms with van der Waals surface area (Å²) in [5.41, 5.74) is 6.35. The molecular weight excluding hydrogens is 180 g/mol. The normalized spacial score (nSPS) is 10.9. The van der Waals surface area contributed by atoms with Gasteiger partial charge >= 0.3 is 6.09 Å². The molecule has 0 aliphatic rings. The molecule has 0 heterocycles. The van der Waals surface area contributed by atoms with Gasteiger partial charge in [0, 0.05) is 5.70 Å². The van der Waals surface area contributed by atoms with Crippen molar-refractivity contribution in [1.82, 2.24) is 10.9 Å². The molecule has 1 amide bonds. The first kappa shape index (κ1) is 12.8. The van der Waals surface area contributed by atoms with E-state index in [1.165, 1.54) is 0 Å². The maximum absolute atomic E-state index is 10.9. The molecule has 0 aromatic heterocycles. The molecule has 0 spiro atoms. The first-order valence-corrected chi connectivity index (χ1v) is 5.12. The summed E-state index contributed by atoms with van der Waals surface area (Å²) in [4.78, 5) is 10.9. The molecule has 0 rings (SSSR count). The van der Waals surface area contributed by atoms with Crippen molar-refractivity contribution in [2.24, 2.45) is 0 Å². The van der Waals surface area contributed by atoms with Crippen molar-refractivity contribution in [3.8, 4) is 0 Å². The second kappa shape index (κ2) is 8.41. The van der Waals surface area contributed by atoms with Crippen LogP contribution in [0.3, 0.4) is 0 Å². The number of hydrazine groups is 1. The zero-order valence-electron chi connectivity index (χ0n) is 9.22. The molecule has 0 unspecified atom stereocenters. The summed E-state index contributed by atoms with van der Waals surface area (Å²) in [6.07, 6.45) is 4.54. The monoisotopic (exact) mass is 200 g/mol. The molecule has 0 atom stereocenters. The van der Waals surface area contributed by atoms with Gasteiger partial charge in [-0.3, -0.25) is 0 Å². The van der Waals surface area contributed by atoms with Gasteiger partial charge in [-0.15, -0.1) is 0 Å². The Bertz CT molecular complexity index is 191. The van der Waals surface area contributed by atoms with E-state index in [9.17, 15) is 4.79 Å². The summed E-state index contributed by atoms with van der Waals surface area (Å²) in [6.45, 7) is 6.31.